The van der Waals surface area contributed by atoms with Crippen molar-refractivity contribution in [2.45, 2.75) is 25.4 Å². The van der Waals surface area contributed by atoms with Crippen molar-refractivity contribution in [1.82, 2.24) is 9.80 Å². The Morgan fingerprint density at radius 2 is 2.06 bits per heavy atom. The number of halogens is 1. The van der Waals surface area contributed by atoms with Crippen molar-refractivity contribution in [3.8, 4) is 0 Å². The van der Waals surface area contributed by atoms with Gasteiger partial charge in [-0.1, -0.05) is 22.0 Å². The molecule has 0 aromatic heterocycles. The largest absolute Gasteiger partial charge is 0.355 e. The molecule has 1 aromatic rings. The number of aliphatic imine (C=N–C) groups is 1. The lowest BCUT2D eigenvalue weighted by Crippen LogP contribution is -2.43. The van der Waals surface area contributed by atoms with Gasteiger partial charge in [-0.15, -0.1) is 0 Å². The summed E-state index contributed by atoms with van der Waals surface area (Å²) < 4.78 is 1.10. The van der Waals surface area contributed by atoms with Gasteiger partial charge in [0.2, 0.25) is 0 Å². The predicted octanol–water partition coefficient (Wildman–Crippen LogP) is 3.02. The lowest BCUT2D eigenvalue weighted by atomic mass is 10.0. The Morgan fingerprint density at radius 1 is 1.28 bits per heavy atom. The van der Waals surface area contributed by atoms with Gasteiger partial charge in [0, 0.05) is 17.1 Å². The molecule has 0 spiro atoms. The Labute approximate surface area is 117 Å². The minimum absolute atomic E-state index is 0.654. The van der Waals surface area contributed by atoms with E-state index in [1.165, 1.54) is 31.5 Å². The summed E-state index contributed by atoms with van der Waals surface area (Å²) in [6.45, 7) is 3.39. The Kier molecular flexibility index (Phi) is 3.39. The van der Waals surface area contributed by atoms with E-state index in [4.69, 9.17) is 0 Å². The molecule has 0 bridgehead atoms. The molecule has 1 saturated heterocycles. The van der Waals surface area contributed by atoms with Crippen LogP contribution in [0.15, 0.2) is 27.7 Å². The third kappa shape index (κ3) is 2.45. The maximum atomic E-state index is 4.59. The Morgan fingerprint density at radius 3 is 2.83 bits per heavy atom. The van der Waals surface area contributed by atoms with Gasteiger partial charge < -0.3 is 9.80 Å². The number of nitrogens with zero attached hydrogens (tertiary/aromatic N) is 3. The average Bonchev–Trinajstić information content (AvgIpc) is 2.39. The van der Waals surface area contributed by atoms with E-state index >= 15 is 0 Å². The standard InChI is InChI=1S/C14H18BrN3/c1-17-6-4-13(5-7-17)18-9-11-2-3-12(15)8-14(11)16-10-18/h2-3,8,10,13H,4-7,9H2,1H3. The van der Waals surface area contributed by atoms with Gasteiger partial charge in [-0.3, -0.25) is 0 Å². The van der Waals surface area contributed by atoms with Gasteiger partial charge in [0.15, 0.2) is 0 Å². The van der Waals surface area contributed by atoms with Crippen LogP contribution in [0, 0.1) is 0 Å². The third-order valence-electron chi connectivity index (χ3n) is 3.90. The molecule has 0 saturated carbocycles. The van der Waals surface area contributed by atoms with E-state index in [9.17, 15) is 0 Å². The number of fused-ring (bicyclic) bond motifs is 1. The van der Waals surface area contributed by atoms with Crippen LogP contribution < -0.4 is 0 Å². The van der Waals surface area contributed by atoms with E-state index in [1.54, 1.807) is 0 Å². The van der Waals surface area contributed by atoms with E-state index in [1.807, 2.05) is 6.34 Å². The van der Waals surface area contributed by atoms with Crippen LogP contribution in [0.3, 0.4) is 0 Å². The second kappa shape index (κ2) is 5.02. The van der Waals surface area contributed by atoms with Gasteiger partial charge in [-0.25, -0.2) is 4.99 Å². The summed E-state index contributed by atoms with van der Waals surface area (Å²) in [5.41, 5.74) is 2.44. The SMILES string of the molecule is CN1CCC(N2C=Nc3cc(Br)ccc3C2)CC1. The van der Waals surface area contributed by atoms with Gasteiger partial charge in [0.1, 0.15) is 0 Å². The van der Waals surface area contributed by atoms with Crippen LogP contribution in [0.5, 0.6) is 0 Å². The van der Waals surface area contributed by atoms with Crippen LogP contribution in [0.2, 0.25) is 0 Å². The molecule has 0 unspecified atom stereocenters. The summed E-state index contributed by atoms with van der Waals surface area (Å²) in [4.78, 5) is 9.40. The van der Waals surface area contributed by atoms with Crippen molar-refractivity contribution < 1.29 is 0 Å². The number of hydrogen-bond acceptors (Lipinski definition) is 3. The number of rotatable bonds is 1. The molecule has 4 heteroatoms. The van der Waals surface area contributed by atoms with E-state index in [0.29, 0.717) is 6.04 Å². The molecule has 2 heterocycles. The highest BCUT2D eigenvalue weighted by Gasteiger charge is 2.23. The maximum absolute atomic E-state index is 4.59. The number of piperidine rings is 1. The summed E-state index contributed by atoms with van der Waals surface area (Å²) in [6.07, 6.45) is 4.52. The highest BCUT2D eigenvalue weighted by atomic mass is 79.9. The zero-order valence-electron chi connectivity index (χ0n) is 10.6. The predicted molar refractivity (Wildman–Crippen MR) is 78.4 cm³/mol. The summed E-state index contributed by atoms with van der Waals surface area (Å²) in [5.74, 6) is 0. The molecule has 3 nitrogen and oxygen atoms in total. The smallest absolute Gasteiger partial charge is 0.0918 e. The number of hydrogen-bond donors (Lipinski definition) is 0. The average molecular weight is 308 g/mol. The molecule has 18 heavy (non-hydrogen) atoms. The first-order valence-corrected chi connectivity index (χ1v) is 7.28. The van der Waals surface area contributed by atoms with Crippen LogP contribution in [0.1, 0.15) is 18.4 Å². The van der Waals surface area contributed by atoms with Crippen LogP contribution >= 0.6 is 15.9 Å². The molecule has 96 valence electrons. The van der Waals surface area contributed by atoms with Crippen molar-refractivity contribution in [3.63, 3.8) is 0 Å². The third-order valence-corrected chi connectivity index (χ3v) is 4.40. The highest BCUT2D eigenvalue weighted by Crippen LogP contribution is 2.29. The first-order valence-electron chi connectivity index (χ1n) is 6.49. The lowest BCUT2D eigenvalue weighted by Gasteiger charge is -2.37. The number of likely N-dealkylation sites (tertiary alicyclic amines) is 1. The minimum atomic E-state index is 0.654. The summed E-state index contributed by atoms with van der Waals surface area (Å²) in [5, 5.41) is 0. The fraction of sp³-hybridized carbons (Fsp3) is 0.500. The van der Waals surface area contributed by atoms with Gasteiger partial charge in [0.25, 0.3) is 0 Å². The Balaban J connectivity index is 1.74. The molecule has 0 aliphatic carbocycles. The van der Waals surface area contributed by atoms with Crippen LogP contribution in [0.4, 0.5) is 5.69 Å². The molecule has 1 fully saturated rings. The van der Waals surface area contributed by atoms with Gasteiger partial charge in [0.05, 0.1) is 12.0 Å². The van der Waals surface area contributed by atoms with Crippen molar-refractivity contribution >= 4 is 28.0 Å². The Bertz CT molecular complexity index is 464. The molecule has 0 atom stereocenters. The fourth-order valence-corrected chi connectivity index (χ4v) is 3.06. The van der Waals surface area contributed by atoms with E-state index in [2.05, 4.69) is 56.0 Å². The second-order valence-electron chi connectivity index (χ2n) is 5.22. The quantitative estimate of drug-likeness (QED) is 0.794. The van der Waals surface area contributed by atoms with E-state index < -0.39 is 0 Å². The highest BCUT2D eigenvalue weighted by molar-refractivity contribution is 9.10. The zero-order chi connectivity index (χ0) is 12.5. The zero-order valence-corrected chi connectivity index (χ0v) is 12.2. The molecule has 2 aliphatic rings. The van der Waals surface area contributed by atoms with Gasteiger partial charge in [-0.2, -0.15) is 0 Å². The molecule has 3 rings (SSSR count). The van der Waals surface area contributed by atoms with E-state index in [0.717, 1.165) is 16.7 Å². The van der Waals surface area contributed by atoms with Crippen LogP contribution in [0.25, 0.3) is 0 Å². The monoisotopic (exact) mass is 307 g/mol. The molecule has 0 amide bonds. The molecule has 1 aromatic carbocycles. The summed E-state index contributed by atoms with van der Waals surface area (Å²) in [7, 11) is 2.20. The lowest BCUT2D eigenvalue weighted by molar-refractivity contribution is 0.174. The van der Waals surface area contributed by atoms with E-state index in [-0.39, 0.29) is 0 Å². The summed E-state index contributed by atoms with van der Waals surface area (Å²) >= 11 is 3.50. The fourth-order valence-electron chi connectivity index (χ4n) is 2.71. The minimum Gasteiger partial charge on any atom is -0.355 e. The van der Waals surface area contributed by atoms with Crippen LogP contribution in [-0.4, -0.2) is 42.3 Å². The Hall–Kier alpha value is -0.870. The molecule has 2 aliphatic heterocycles. The summed E-state index contributed by atoms with van der Waals surface area (Å²) in [6, 6.07) is 7.03. The maximum Gasteiger partial charge on any atom is 0.0918 e. The first kappa shape index (κ1) is 12.2. The van der Waals surface area contributed by atoms with Crippen molar-refractivity contribution in [2.75, 3.05) is 20.1 Å². The van der Waals surface area contributed by atoms with Crippen molar-refractivity contribution in [1.29, 1.82) is 0 Å². The topological polar surface area (TPSA) is 18.8 Å². The normalized spacial score (nSPS) is 21.1. The molecular formula is C14H18BrN3. The van der Waals surface area contributed by atoms with Crippen LogP contribution in [-0.2, 0) is 6.54 Å². The van der Waals surface area contributed by atoms with Gasteiger partial charge in [-0.05, 0) is 50.7 Å². The molecule has 0 N–H and O–H groups in total. The second-order valence-corrected chi connectivity index (χ2v) is 6.14. The number of benzene rings is 1. The first-order chi connectivity index (χ1) is 8.72. The van der Waals surface area contributed by atoms with Crippen molar-refractivity contribution in [2.24, 2.45) is 4.99 Å². The van der Waals surface area contributed by atoms with Crippen molar-refractivity contribution in [3.05, 3.63) is 28.2 Å². The molecular weight excluding hydrogens is 290 g/mol. The molecule has 0 radical (unpaired) electrons. The van der Waals surface area contributed by atoms with Gasteiger partial charge >= 0.3 is 0 Å².